The molecule has 18 heavy (non-hydrogen) atoms. The van der Waals surface area contributed by atoms with E-state index in [0.717, 1.165) is 19.3 Å². The van der Waals surface area contributed by atoms with Crippen molar-refractivity contribution in [3.63, 3.8) is 0 Å². The van der Waals surface area contributed by atoms with Gasteiger partial charge in [0, 0.05) is 12.6 Å². The summed E-state index contributed by atoms with van der Waals surface area (Å²) >= 11 is 0. The number of carbonyl (C=O) groups is 1. The van der Waals surface area contributed by atoms with E-state index >= 15 is 0 Å². The summed E-state index contributed by atoms with van der Waals surface area (Å²) in [5, 5.41) is 12.7. The minimum absolute atomic E-state index is 0.206. The second-order valence-electron chi connectivity index (χ2n) is 4.82. The molecule has 4 N–H and O–H groups in total. The number of hydrogen-bond acceptors (Lipinski definition) is 3. The van der Waals surface area contributed by atoms with Crippen molar-refractivity contribution in [1.29, 1.82) is 0 Å². The average Bonchev–Trinajstić information content (AvgIpc) is 2.58. The standard InChI is InChI=1S/C14H20N2O2/c15-14(18)13(17)9-16-12-8-4-2-6-10-5-1-3-7-11(10)12/h1,3,5,7,12-13,16-17H,2,4,6,8-9H2,(H2,15,18). The van der Waals surface area contributed by atoms with Crippen LogP contribution in [0.5, 0.6) is 0 Å². The number of aliphatic hydroxyl groups is 1. The number of primary amides is 1. The van der Waals surface area contributed by atoms with Crippen molar-refractivity contribution < 1.29 is 9.90 Å². The zero-order valence-corrected chi connectivity index (χ0v) is 10.4. The number of rotatable bonds is 4. The third-order valence-corrected chi connectivity index (χ3v) is 3.51. The molecule has 0 saturated carbocycles. The number of amides is 1. The van der Waals surface area contributed by atoms with Crippen LogP contribution in [0.1, 0.15) is 36.4 Å². The van der Waals surface area contributed by atoms with Crippen LogP contribution in [0.25, 0.3) is 0 Å². The van der Waals surface area contributed by atoms with Gasteiger partial charge in [0.15, 0.2) is 0 Å². The number of fused-ring (bicyclic) bond motifs is 1. The van der Waals surface area contributed by atoms with E-state index in [0.29, 0.717) is 0 Å². The summed E-state index contributed by atoms with van der Waals surface area (Å²) in [7, 11) is 0. The van der Waals surface area contributed by atoms with Gasteiger partial charge in [-0.1, -0.05) is 30.7 Å². The first kappa shape index (κ1) is 13.1. The van der Waals surface area contributed by atoms with Crippen molar-refractivity contribution >= 4 is 5.91 Å². The van der Waals surface area contributed by atoms with Crippen molar-refractivity contribution in [3.05, 3.63) is 35.4 Å². The van der Waals surface area contributed by atoms with Gasteiger partial charge in [-0.15, -0.1) is 0 Å². The van der Waals surface area contributed by atoms with Crippen molar-refractivity contribution in [3.8, 4) is 0 Å². The van der Waals surface area contributed by atoms with Gasteiger partial charge in [-0.3, -0.25) is 4.79 Å². The number of carbonyl (C=O) groups excluding carboxylic acids is 1. The molecule has 0 fully saturated rings. The maximum Gasteiger partial charge on any atom is 0.247 e. The van der Waals surface area contributed by atoms with E-state index < -0.39 is 12.0 Å². The van der Waals surface area contributed by atoms with Crippen molar-refractivity contribution in [2.45, 2.75) is 37.8 Å². The molecular weight excluding hydrogens is 228 g/mol. The van der Waals surface area contributed by atoms with E-state index in [1.807, 2.05) is 6.07 Å². The summed E-state index contributed by atoms with van der Waals surface area (Å²) in [6.45, 7) is 0.217. The number of nitrogens with two attached hydrogens (primary N) is 1. The highest BCUT2D eigenvalue weighted by atomic mass is 16.3. The highest BCUT2D eigenvalue weighted by Gasteiger charge is 2.19. The van der Waals surface area contributed by atoms with Crippen molar-refractivity contribution in [1.82, 2.24) is 5.32 Å². The van der Waals surface area contributed by atoms with Crippen LogP contribution in [-0.4, -0.2) is 23.7 Å². The van der Waals surface area contributed by atoms with Crippen LogP contribution >= 0.6 is 0 Å². The Balaban J connectivity index is 2.06. The minimum atomic E-state index is -1.11. The van der Waals surface area contributed by atoms with E-state index in [-0.39, 0.29) is 12.6 Å². The maximum atomic E-state index is 10.8. The van der Waals surface area contributed by atoms with Gasteiger partial charge in [0.05, 0.1) is 0 Å². The predicted molar refractivity (Wildman–Crippen MR) is 69.9 cm³/mol. The number of nitrogens with one attached hydrogen (secondary N) is 1. The molecule has 0 bridgehead atoms. The van der Waals surface area contributed by atoms with Gasteiger partial charge < -0.3 is 16.2 Å². The zero-order chi connectivity index (χ0) is 13.0. The van der Waals surface area contributed by atoms with Gasteiger partial charge in [0.25, 0.3) is 0 Å². The second kappa shape index (κ2) is 5.98. The molecule has 1 amide bonds. The summed E-state index contributed by atoms with van der Waals surface area (Å²) < 4.78 is 0. The SMILES string of the molecule is NC(=O)C(O)CNC1CCCCc2ccccc21. The molecule has 0 aliphatic heterocycles. The van der Waals surface area contributed by atoms with Crippen LogP contribution in [0.15, 0.2) is 24.3 Å². The fourth-order valence-corrected chi connectivity index (χ4v) is 2.49. The Morgan fingerprint density at radius 1 is 1.44 bits per heavy atom. The lowest BCUT2D eigenvalue weighted by atomic mass is 9.99. The van der Waals surface area contributed by atoms with Gasteiger partial charge in [-0.2, -0.15) is 0 Å². The summed E-state index contributed by atoms with van der Waals surface area (Å²) in [5.74, 6) is -0.676. The maximum absolute atomic E-state index is 10.8. The van der Waals surface area contributed by atoms with Crippen LogP contribution in [-0.2, 0) is 11.2 Å². The summed E-state index contributed by atoms with van der Waals surface area (Å²) in [5.41, 5.74) is 7.69. The summed E-state index contributed by atoms with van der Waals surface area (Å²) in [4.78, 5) is 10.8. The third kappa shape index (κ3) is 3.09. The van der Waals surface area contributed by atoms with Gasteiger partial charge in [0.2, 0.25) is 5.91 Å². The Bertz CT molecular complexity index is 420. The van der Waals surface area contributed by atoms with Crippen LogP contribution in [0.4, 0.5) is 0 Å². The van der Waals surface area contributed by atoms with Gasteiger partial charge >= 0.3 is 0 Å². The van der Waals surface area contributed by atoms with Crippen LogP contribution in [0.2, 0.25) is 0 Å². The highest BCUT2D eigenvalue weighted by molar-refractivity contribution is 5.78. The molecule has 98 valence electrons. The molecule has 0 radical (unpaired) electrons. The molecule has 1 aliphatic carbocycles. The number of hydrogen-bond donors (Lipinski definition) is 3. The molecule has 2 unspecified atom stereocenters. The second-order valence-corrected chi connectivity index (χ2v) is 4.82. The Hall–Kier alpha value is -1.39. The molecule has 0 saturated heterocycles. The van der Waals surface area contributed by atoms with E-state index in [2.05, 4.69) is 23.5 Å². The average molecular weight is 248 g/mol. The van der Waals surface area contributed by atoms with Crippen LogP contribution < -0.4 is 11.1 Å². The molecular formula is C14H20N2O2. The van der Waals surface area contributed by atoms with Gasteiger partial charge in [-0.05, 0) is 30.4 Å². The quantitative estimate of drug-likeness (QED) is 0.693. The fourth-order valence-electron chi connectivity index (χ4n) is 2.49. The topological polar surface area (TPSA) is 75.4 Å². The molecule has 2 rings (SSSR count). The van der Waals surface area contributed by atoms with E-state index in [4.69, 9.17) is 5.73 Å². The first-order valence-electron chi connectivity index (χ1n) is 6.47. The van der Waals surface area contributed by atoms with E-state index in [1.165, 1.54) is 17.5 Å². The lowest BCUT2D eigenvalue weighted by Crippen LogP contribution is -2.39. The molecule has 0 heterocycles. The molecule has 4 heteroatoms. The number of aliphatic hydroxyl groups excluding tert-OH is 1. The van der Waals surface area contributed by atoms with Crippen molar-refractivity contribution in [2.75, 3.05) is 6.54 Å². The van der Waals surface area contributed by atoms with Crippen LogP contribution in [0, 0.1) is 0 Å². The normalized spacial score (nSPS) is 20.8. The van der Waals surface area contributed by atoms with Gasteiger partial charge in [0.1, 0.15) is 6.10 Å². The van der Waals surface area contributed by atoms with Crippen LogP contribution in [0.3, 0.4) is 0 Å². The zero-order valence-electron chi connectivity index (χ0n) is 10.4. The largest absolute Gasteiger partial charge is 0.382 e. The lowest BCUT2D eigenvalue weighted by molar-refractivity contribution is -0.125. The van der Waals surface area contributed by atoms with E-state index in [1.54, 1.807) is 0 Å². The molecule has 1 aromatic carbocycles. The molecule has 0 aromatic heterocycles. The molecule has 4 nitrogen and oxygen atoms in total. The Labute approximate surface area is 107 Å². The Morgan fingerprint density at radius 3 is 3.00 bits per heavy atom. The Morgan fingerprint density at radius 2 is 2.22 bits per heavy atom. The summed E-state index contributed by atoms with van der Waals surface area (Å²) in [6.07, 6.45) is 3.36. The first-order chi connectivity index (χ1) is 8.68. The molecule has 1 aromatic rings. The molecule has 0 spiro atoms. The van der Waals surface area contributed by atoms with E-state index in [9.17, 15) is 9.90 Å². The van der Waals surface area contributed by atoms with Crippen molar-refractivity contribution in [2.24, 2.45) is 5.73 Å². The number of benzene rings is 1. The monoisotopic (exact) mass is 248 g/mol. The first-order valence-corrected chi connectivity index (χ1v) is 6.47. The molecule has 2 atom stereocenters. The number of aryl methyl sites for hydroxylation is 1. The highest BCUT2D eigenvalue weighted by Crippen LogP contribution is 2.28. The summed E-state index contributed by atoms with van der Waals surface area (Å²) in [6, 6.07) is 8.56. The third-order valence-electron chi connectivity index (χ3n) is 3.51. The predicted octanol–water partition coefficient (Wildman–Crippen LogP) is 0.890. The fraction of sp³-hybridized carbons (Fsp3) is 0.500. The lowest BCUT2D eigenvalue weighted by Gasteiger charge is -2.20. The Kier molecular flexibility index (Phi) is 4.33. The molecule has 1 aliphatic rings. The van der Waals surface area contributed by atoms with Gasteiger partial charge in [-0.25, -0.2) is 0 Å². The minimum Gasteiger partial charge on any atom is -0.382 e. The smallest absolute Gasteiger partial charge is 0.247 e.